The highest BCUT2D eigenvalue weighted by Crippen LogP contribution is 2.28. The lowest BCUT2D eigenvalue weighted by Gasteiger charge is -2.33. The first kappa shape index (κ1) is 17.1. The number of nitrogens with zero attached hydrogens (tertiary/aromatic N) is 3. The van der Waals surface area contributed by atoms with Crippen LogP contribution in [0.15, 0.2) is 26.4 Å². The van der Waals surface area contributed by atoms with Crippen LogP contribution < -0.4 is 0 Å². The normalized spacial score (nSPS) is 21.0. The first-order chi connectivity index (χ1) is 11.5. The van der Waals surface area contributed by atoms with Gasteiger partial charge in [-0.15, -0.1) is 10.2 Å². The van der Waals surface area contributed by atoms with Gasteiger partial charge in [0.2, 0.25) is 5.91 Å². The lowest BCUT2D eigenvalue weighted by atomic mass is 9.87. The van der Waals surface area contributed by atoms with Crippen LogP contribution in [0.4, 0.5) is 0 Å². The van der Waals surface area contributed by atoms with Crippen LogP contribution in [0, 0.1) is 12.8 Å². The van der Waals surface area contributed by atoms with Gasteiger partial charge in [0.1, 0.15) is 5.76 Å². The molecule has 1 saturated carbocycles. The molecule has 1 fully saturated rings. The van der Waals surface area contributed by atoms with Gasteiger partial charge in [-0.25, -0.2) is 0 Å². The Kier molecular flexibility index (Phi) is 5.28. The molecule has 6 nitrogen and oxygen atoms in total. The molecule has 2 heterocycles. The highest BCUT2D eigenvalue weighted by atomic mass is 32.2. The monoisotopic (exact) mass is 349 g/mol. The second kappa shape index (κ2) is 7.42. The van der Waals surface area contributed by atoms with Gasteiger partial charge in [0, 0.05) is 13.1 Å². The Labute approximate surface area is 146 Å². The van der Waals surface area contributed by atoms with Crippen molar-refractivity contribution in [3.8, 4) is 11.5 Å². The van der Waals surface area contributed by atoms with Crippen LogP contribution >= 0.6 is 11.8 Å². The maximum Gasteiger partial charge on any atom is 0.277 e. The van der Waals surface area contributed by atoms with Crippen LogP contribution in [-0.4, -0.2) is 39.8 Å². The molecule has 7 heteroatoms. The van der Waals surface area contributed by atoms with E-state index < -0.39 is 0 Å². The summed E-state index contributed by atoms with van der Waals surface area (Å²) in [6.45, 7) is 4.12. The topological polar surface area (TPSA) is 72.4 Å². The number of hydrogen-bond donors (Lipinski definition) is 0. The van der Waals surface area contributed by atoms with Gasteiger partial charge in [-0.3, -0.25) is 4.79 Å². The van der Waals surface area contributed by atoms with Crippen LogP contribution in [0.3, 0.4) is 0 Å². The lowest BCUT2D eigenvalue weighted by Crippen LogP contribution is -2.40. The fourth-order valence-electron chi connectivity index (χ4n) is 3.04. The zero-order valence-corrected chi connectivity index (χ0v) is 15.1. The Morgan fingerprint density at radius 1 is 1.33 bits per heavy atom. The van der Waals surface area contributed by atoms with Crippen molar-refractivity contribution in [1.82, 2.24) is 15.1 Å². The van der Waals surface area contributed by atoms with Crippen LogP contribution in [0.5, 0.6) is 0 Å². The van der Waals surface area contributed by atoms with Gasteiger partial charge in [0.15, 0.2) is 0 Å². The molecule has 1 aliphatic rings. The Bertz CT molecular complexity index is 689. The maximum absolute atomic E-state index is 12.4. The average Bonchev–Trinajstić information content (AvgIpc) is 3.21. The summed E-state index contributed by atoms with van der Waals surface area (Å²) in [5, 5.41) is 8.43. The highest BCUT2D eigenvalue weighted by molar-refractivity contribution is 7.99. The van der Waals surface area contributed by atoms with E-state index in [0.29, 0.717) is 22.9 Å². The summed E-state index contributed by atoms with van der Waals surface area (Å²) < 4.78 is 10.8. The third kappa shape index (κ3) is 3.83. The van der Waals surface area contributed by atoms with Gasteiger partial charge in [-0.2, -0.15) is 0 Å². The molecule has 0 radical (unpaired) electrons. The minimum atomic E-state index is 0.110. The van der Waals surface area contributed by atoms with Crippen molar-refractivity contribution in [3.63, 3.8) is 0 Å². The van der Waals surface area contributed by atoms with E-state index in [1.165, 1.54) is 24.6 Å². The van der Waals surface area contributed by atoms with Crippen molar-refractivity contribution in [2.45, 2.75) is 50.8 Å². The first-order valence-electron chi connectivity index (χ1n) is 8.31. The van der Waals surface area contributed by atoms with Crippen LogP contribution in [0.2, 0.25) is 0 Å². The van der Waals surface area contributed by atoms with E-state index >= 15 is 0 Å². The van der Waals surface area contributed by atoms with Crippen molar-refractivity contribution in [3.05, 3.63) is 18.1 Å². The average molecular weight is 349 g/mol. The molecular formula is C17H23N3O3S. The van der Waals surface area contributed by atoms with E-state index in [-0.39, 0.29) is 5.91 Å². The predicted molar refractivity (Wildman–Crippen MR) is 91.7 cm³/mol. The molecule has 0 N–H and O–H groups in total. The van der Waals surface area contributed by atoms with Crippen molar-refractivity contribution in [2.24, 2.45) is 5.92 Å². The number of furan rings is 1. The van der Waals surface area contributed by atoms with E-state index in [1.54, 1.807) is 12.3 Å². The number of aryl methyl sites for hydroxylation is 1. The molecule has 0 aromatic carbocycles. The summed E-state index contributed by atoms with van der Waals surface area (Å²) in [6, 6.07) is 2.15. The number of thioether (sulfide) groups is 1. The van der Waals surface area contributed by atoms with Gasteiger partial charge in [-0.05, 0) is 44.6 Å². The third-order valence-corrected chi connectivity index (χ3v) is 5.54. The standard InChI is InChI=1S/C17H23N3O3S/c1-11-4-6-13(7-5-11)20(3)15(21)10-24-17-19-18-16(23-17)14-8-9-22-12(14)2/h8-9,11,13H,4-7,10H2,1-3H3. The molecule has 2 aromatic rings. The number of rotatable bonds is 5. The van der Waals surface area contributed by atoms with Crippen molar-refractivity contribution >= 4 is 17.7 Å². The SMILES string of the molecule is Cc1occc1-c1nnc(SCC(=O)N(C)C2CCC(C)CC2)o1. The van der Waals surface area contributed by atoms with Crippen LogP contribution in [0.25, 0.3) is 11.5 Å². The minimum absolute atomic E-state index is 0.110. The summed E-state index contributed by atoms with van der Waals surface area (Å²) in [5.74, 6) is 2.36. The second-order valence-corrected chi connectivity index (χ2v) is 7.40. The quantitative estimate of drug-likeness (QED) is 0.765. The van der Waals surface area contributed by atoms with Crippen molar-refractivity contribution in [1.29, 1.82) is 0 Å². The fourth-order valence-corrected chi connectivity index (χ4v) is 3.73. The van der Waals surface area contributed by atoms with Gasteiger partial charge in [-0.1, -0.05) is 18.7 Å². The van der Waals surface area contributed by atoms with E-state index in [2.05, 4.69) is 17.1 Å². The molecule has 1 aliphatic carbocycles. The molecule has 0 unspecified atom stereocenters. The molecule has 0 saturated heterocycles. The number of carbonyl (C=O) groups is 1. The molecule has 130 valence electrons. The summed E-state index contributed by atoms with van der Waals surface area (Å²) in [4.78, 5) is 14.3. The van der Waals surface area contributed by atoms with Gasteiger partial charge >= 0.3 is 0 Å². The largest absolute Gasteiger partial charge is 0.469 e. The van der Waals surface area contributed by atoms with E-state index in [9.17, 15) is 4.79 Å². The van der Waals surface area contributed by atoms with Crippen molar-refractivity contribution < 1.29 is 13.6 Å². The number of amides is 1. The molecule has 24 heavy (non-hydrogen) atoms. The van der Waals surface area contributed by atoms with Gasteiger partial charge in [0.05, 0.1) is 17.6 Å². The van der Waals surface area contributed by atoms with Crippen LogP contribution in [0.1, 0.15) is 38.4 Å². The molecular weight excluding hydrogens is 326 g/mol. The molecule has 0 aliphatic heterocycles. The minimum Gasteiger partial charge on any atom is -0.469 e. The first-order valence-corrected chi connectivity index (χ1v) is 9.29. The molecule has 0 atom stereocenters. The summed E-state index contributed by atoms with van der Waals surface area (Å²) in [6.07, 6.45) is 6.18. The molecule has 3 rings (SSSR count). The highest BCUT2D eigenvalue weighted by Gasteiger charge is 2.25. The maximum atomic E-state index is 12.4. The molecule has 0 bridgehead atoms. The lowest BCUT2D eigenvalue weighted by molar-refractivity contribution is -0.129. The second-order valence-electron chi connectivity index (χ2n) is 6.47. The number of carbonyl (C=O) groups excluding carboxylic acids is 1. The van der Waals surface area contributed by atoms with Gasteiger partial charge < -0.3 is 13.7 Å². The molecule has 0 spiro atoms. The van der Waals surface area contributed by atoms with E-state index in [4.69, 9.17) is 8.83 Å². The van der Waals surface area contributed by atoms with E-state index in [1.807, 2.05) is 18.9 Å². The van der Waals surface area contributed by atoms with Gasteiger partial charge in [0.25, 0.3) is 11.1 Å². The molecule has 2 aromatic heterocycles. The Balaban J connectivity index is 1.53. The third-order valence-electron chi connectivity index (χ3n) is 4.74. The fraction of sp³-hybridized carbons (Fsp3) is 0.588. The van der Waals surface area contributed by atoms with Crippen molar-refractivity contribution in [2.75, 3.05) is 12.8 Å². The number of hydrogen-bond acceptors (Lipinski definition) is 6. The number of aromatic nitrogens is 2. The zero-order chi connectivity index (χ0) is 17.1. The van der Waals surface area contributed by atoms with Crippen LogP contribution in [-0.2, 0) is 4.79 Å². The summed E-state index contributed by atoms with van der Waals surface area (Å²) >= 11 is 1.28. The summed E-state index contributed by atoms with van der Waals surface area (Å²) in [5.41, 5.74) is 0.786. The molecule has 1 amide bonds. The predicted octanol–water partition coefficient (Wildman–Crippen LogP) is 3.77. The Morgan fingerprint density at radius 3 is 2.75 bits per heavy atom. The Morgan fingerprint density at radius 2 is 2.08 bits per heavy atom. The Hall–Kier alpha value is -1.76. The smallest absolute Gasteiger partial charge is 0.277 e. The van der Waals surface area contributed by atoms with E-state index in [0.717, 1.165) is 30.1 Å². The summed E-state index contributed by atoms with van der Waals surface area (Å²) in [7, 11) is 1.90. The zero-order valence-electron chi connectivity index (χ0n) is 14.3.